The van der Waals surface area contributed by atoms with Gasteiger partial charge in [0.1, 0.15) is 5.75 Å². The summed E-state index contributed by atoms with van der Waals surface area (Å²) in [6.45, 7) is 8.44. The second kappa shape index (κ2) is 6.82. The Morgan fingerprint density at radius 2 is 2.10 bits per heavy atom. The average molecular weight is 296 g/mol. The monoisotopic (exact) mass is 295 g/mol. The molecule has 1 heterocycles. The Kier molecular flexibility index (Phi) is 5.34. The highest BCUT2D eigenvalue weighted by Crippen LogP contribution is 2.31. The molecule has 2 nitrogen and oxygen atoms in total. The van der Waals surface area contributed by atoms with Gasteiger partial charge in [-0.1, -0.05) is 44.9 Å². The summed E-state index contributed by atoms with van der Waals surface area (Å²) in [4.78, 5) is 0. The van der Waals surface area contributed by atoms with E-state index >= 15 is 0 Å². The number of rotatable bonds is 4. The Morgan fingerprint density at radius 1 is 1.30 bits per heavy atom. The molecule has 20 heavy (non-hydrogen) atoms. The van der Waals surface area contributed by atoms with Crippen molar-refractivity contribution >= 4 is 11.6 Å². The number of piperidine rings is 1. The van der Waals surface area contributed by atoms with Gasteiger partial charge in [0.2, 0.25) is 0 Å². The van der Waals surface area contributed by atoms with Crippen molar-refractivity contribution < 1.29 is 4.74 Å². The molecule has 0 aliphatic carbocycles. The molecular formula is C17H26ClNO. The van der Waals surface area contributed by atoms with Crippen LogP contribution in [0.25, 0.3) is 0 Å². The summed E-state index contributed by atoms with van der Waals surface area (Å²) in [6.07, 6.45) is 4.95. The molecule has 1 aliphatic rings. The van der Waals surface area contributed by atoms with Crippen molar-refractivity contribution in [1.29, 1.82) is 0 Å². The van der Waals surface area contributed by atoms with Crippen LogP contribution in [0.4, 0.5) is 0 Å². The van der Waals surface area contributed by atoms with Crippen molar-refractivity contribution in [3.8, 4) is 5.75 Å². The first-order chi connectivity index (χ1) is 9.47. The van der Waals surface area contributed by atoms with E-state index in [2.05, 4.69) is 32.2 Å². The molecule has 0 unspecified atom stereocenters. The predicted octanol–water partition coefficient (Wildman–Crippen LogP) is 4.55. The van der Waals surface area contributed by atoms with Gasteiger partial charge in [0, 0.05) is 6.04 Å². The van der Waals surface area contributed by atoms with Crippen molar-refractivity contribution in [3.63, 3.8) is 0 Å². The molecule has 2 rings (SSSR count). The lowest BCUT2D eigenvalue weighted by atomic mass is 9.87. The van der Waals surface area contributed by atoms with Crippen LogP contribution in [0.3, 0.4) is 0 Å². The Bertz CT molecular complexity index is 433. The van der Waals surface area contributed by atoms with Gasteiger partial charge in [-0.25, -0.2) is 0 Å². The van der Waals surface area contributed by atoms with Crippen molar-refractivity contribution in [2.75, 3.05) is 13.2 Å². The lowest BCUT2D eigenvalue weighted by molar-refractivity contribution is 0.268. The van der Waals surface area contributed by atoms with E-state index in [1.165, 1.54) is 24.8 Å². The van der Waals surface area contributed by atoms with Crippen LogP contribution in [-0.4, -0.2) is 19.2 Å². The van der Waals surface area contributed by atoms with E-state index in [-0.39, 0.29) is 5.41 Å². The molecule has 112 valence electrons. The van der Waals surface area contributed by atoms with Crippen molar-refractivity contribution in [1.82, 2.24) is 5.32 Å². The number of halogens is 1. The highest BCUT2D eigenvalue weighted by molar-refractivity contribution is 6.32. The van der Waals surface area contributed by atoms with Crippen LogP contribution in [0.5, 0.6) is 5.75 Å². The summed E-state index contributed by atoms with van der Waals surface area (Å²) in [6, 6.07) is 6.74. The number of hydrogen-bond donors (Lipinski definition) is 1. The zero-order valence-electron chi connectivity index (χ0n) is 12.8. The second-order valence-corrected chi connectivity index (χ2v) is 7.09. The van der Waals surface area contributed by atoms with Crippen LogP contribution in [0, 0.1) is 0 Å². The van der Waals surface area contributed by atoms with E-state index in [1.54, 1.807) is 0 Å². The van der Waals surface area contributed by atoms with Gasteiger partial charge in [-0.05, 0) is 48.9 Å². The largest absolute Gasteiger partial charge is 0.492 e. The van der Waals surface area contributed by atoms with Crippen LogP contribution < -0.4 is 10.1 Å². The summed E-state index contributed by atoms with van der Waals surface area (Å²) < 4.78 is 5.84. The predicted molar refractivity (Wildman–Crippen MR) is 85.9 cm³/mol. The van der Waals surface area contributed by atoms with Crippen LogP contribution in [-0.2, 0) is 5.41 Å². The summed E-state index contributed by atoms with van der Waals surface area (Å²) in [5.41, 5.74) is 1.36. The number of hydrogen-bond acceptors (Lipinski definition) is 2. The van der Waals surface area contributed by atoms with Crippen molar-refractivity contribution in [3.05, 3.63) is 28.8 Å². The number of ether oxygens (including phenoxy) is 1. The normalized spacial score (nSPS) is 19.9. The molecule has 0 saturated carbocycles. The van der Waals surface area contributed by atoms with E-state index in [0.29, 0.717) is 11.1 Å². The lowest BCUT2D eigenvalue weighted by Gasteiger charge is -2.23. The van der Waals surface area contributed by atoms with Gasteiger partial charge in [-0.3, -0.25) is 0 Å². The third-order valence-electron chi connectivity index (χ3n) is 3.93. The van der Waals surface area contributed by atoms with E-state index in [0.717, 1.165) is 25.3 Å². The molecule has 0 aromatic heterocycles. The van der Waals surface area contributed by atoms with Gasteiger partial charge in [0.05, 0.1) is 11.6 Å². The molecule has 1 saturated heterocycles. The van der Waals surface area contributed by atoms with Crippen molar-refractivity contribution in [2.24, 2.45) is 0 Å². The van der Waals surface area contributed by atoms with Crippen LogP contribution in [0.1, 0.15) is 52.0 Å². The molecule has 1 fully saturated rings. The first kappa shape index (κ1) is 15.7. The SMILES string of the molecule is CC(C)(C)c1ccc(OCC[C@@H]2CCCCN2)c(Cl)c1. The molecule has 1 atom stereocenters. The topological polar surface area (TPSA) is 21.3 Å². The van der Waals surface area contributed by atoms with Gasteiger partial charge in [-0.15, -0.1) is 0 Å². The quantitative estimate of drug-likeness (QED) is 0.880. The maximum absolute atomic E-state index is 6.32. The summed E-state index contributed by atoms with van der Waals surface area (Å²) in [5.74, 6) is 0.801. The Labute approximate surface area is 127 Å². The second-order valence-electron chi connectivity index (χ2n) is 6.68. The molecular weight excluding hydrogens is 270 g/mol. The maximum Gasteiger partial charge on any atom is 0.137 e. The average Bonchev–Trinajstić information content (AvgIpc) is 2.40. The third-order valence-corrected chi connectivity index (χ3v) is 4.23. The minimum atomic E-state index is 0.119. The fourth-order valence-electron chi connectivity index (χ4n) is 2.57. The zero-order chi connectivity index (χ0) is 14.6. The van der Waals surface area contributed by atoms with E-state index in [9.17, 15) is 0 Å². The molecule has 0 amide bonds. The molecule has 1 aromatic carbocycles. The molecule has 0 radical (unpaired) electrons. The number of benzene rings is 1. The van der Waals surface area contributed by atoms with Gasteiger partial charge in [0.15, 0.2) is 0 Å². The lowest BCUT2D eigenvalue weighted by Crippen LogP contribution is -2.35. The highest BCUT2D eigenvalue weighted by atomic mass is 35.5. The van der Waals surface area contributed by atoms with Gasteiger partial charge < -0.3 is 10.1 Å². The van der Waals surface area contributed by atoms with E-state index in [1.807, 2.05) is 12.1 Å². The molecule has 1 aliphatic heterocycles. The van der Waals surface area contributed by atoms with E-state index in [4.69, 9.17) is 16.3 Å². The fourth-order valence-corrected chi connectivity index (χ4v) is 2.80. The molecule has 3 heteroatoms. The molecule has 1 aromatic rings. The molecule has 0 bridgehead atoms. The fraction of sp³-hybridized carbons (Fsp3) is 0.647. The van der Waals surface area contributed by atoms with Crippen LogP contribution >= 0.6 is 11.6 Å². The summed E-state index contributed by atoms with van der Waals surface area (Å²) >= 11 is 6.32. The standard InChI is InChI=1S/C17H26ClNO/c1-17(2,3)13-7-8-16(15(18)12-13)20-11-9-14-6-4-5-10-19-14/h7-8,12,14,19H,4-6,9-11H2,1-3H3/t14-/m0/s1. The first-order valence-electron chi connectivity index (χ1n) is 7.63. The Hall–Kier alpha value is -0.730. The Morgan fingerprint density at radius 3 is 2.70 bits per heavy atom. The van der Waals surface area contributed by atoms with Gasteiger partial charge in [-0.2, -0.15) is 0 Å². The van der Waals surface area contributed by atoms with E-state index < -0.39 is 0 Å². The minimum absolute atomic E-state index is 0.119. The minimum Gasteiger partial charge on any atom is -0.492 e. The zero-order valence-corrected chi connectivity index (χ0v) is 13.6. The third kappa shape index (κ3) is 4.39. The summed E-state index contributed by atoms with van der Waals surface area (Å²) in [5, 5.41) is 4.25. The molecule has 1 N–H and O–H groups in total. The molecule has 0 spiro atoms. The van der Waals surface area contributed by atoms with Gasteiger partial charge in [0.25, 0.3) is 0 Å². The Balaban J connectivity index is 1.86. The van der Waals surface area contributed by atoms with Crippen LogP contribution in [0.15, 0.2) is 18.2 Å². The van der Waals surface area contributed by atoms with Crippen molar-refractivity contribution in [2.45, 2.75) is 57.9 Å². The number of nitrogens with one attached hydrogen (secondary N) is 1. The van der Waals surface area contributed by atoms with Gasteiger partial charge >= 0.3 is 0 Å². The summed E-state index contributed by atoms with van der Waals surface area (Å²) in [7, 11) is 0. The smallest absolute Gasteiger partial charge is 0.137 e. The first-order valence-corrected chi connectivity index (χ1v) is 8.01. The van der Waals surface area contributed by atoms with Crippen LogP contribution in [0.2, 0.25) is 5.02 Å². The maximum atomic E-state index is 6.32. The highest BCUT2D eigenvalue weighted by Gasteiger charge is 2.16.